The molecule has 0 atom stereocenters. The second-order valence-electron chi connectivity index (χ2n) is 16.1. The summed E-state index contributed by atoms with van der Waals surface area (Å²) in [6.07, 6.45) is 1.81. The lowest BCUT2D eigenvalue weighted by molar-refractivity contribution is 0.436. The normalized spacial score (nSPS) is 13.0. The zero-order valence-electron chi connectivity index (χ0n) is 33.7. The van der Waals surface area contributed by atoms with Gasteiger partial charge in [-0.15, -0.1) is 0 Å². The van der Waals surface area contributed by atoms with Crippen LogP contribution in [0.5, 0.6) is 11.5 Å². The largest absolute Gasteiger partial charge is 0.457 e. The molecule has 0 unspecified atom stereocenters. The van der Waals surface area contributed by atoms with Crippen LogP contribution in [0.25, 0.3) is 89.6 Å². The number of hydrogen-bond donors (Lipinski definition) is 0. The van der Waals surface area contributed by atoms with E-state index in [9.17, 15) is 0 Å². The van der Waals surface area contributed by atoms with E-state index in [-0.39, 0.29) is 0 Å². The highest BCUT2D eigenvalue weighted by Crippen LogP contribution is 2.62. The van der Waals surface area contributed by atoms with Crippen LogP contribution in [-0.4, -0.2) is 19.9 Å². The Hall–Kier alpha value is -8.48. The molecule has 0 saturated heterocycles. The van der Waals surface area contributed by atoms with Crippen molar-refractivity contribution in [1.29, 1.82) is 0 Å². The molecule has 1 aliphatic heterocycles. The Morgan fingerprint density at radius 3 is 1.71 bits per heavy atom. The van der Waals surface area contributed by atoms with Gasteiger partial charge in [-0.3, -0.25) is 4.98 Å². The van der Waals surface area contributed by atoms with Gasteiger partial charge in [-0.25, -0.2) is 15.0 Å². The van der Waals surface area contributed by atoms with Crippen LogP contribution in [0.4, 0.5) is 0 Å². The molecule has 294 valence electrons. The van der Waals surface area contributed by atoms with E-state index in [0.717, 1.165) is 83.6 Å². The van der Waals surface area contributed by atoms with Crippen LogP contribution in [-0.2, 0) is 5.41 Å². The van der Waals surface area contributed by atoms with Crippen LogP contribution in [0.15, 0.2) is 211 Å². The predicted molar refractivity (Wildman–Crippen MR) is 249 cm³/mol. The van der Waals surface area contributed by atoms with Crippen LogP contribution in [0.1, 0.15) is 22.3 Å². The average molecular weight is 807 g/mol. The maximum Gasteiger partial charge on any atom is 0.164 e. The van der Waals surface area contributed by atoms with E-state index in [2.05, 4.69) is 145 Å². The summed E-state index contributed by atoms with van der Waals surface area (Å²) in [6.45, 7) is 0. The fourth-order valence-electron chi connectivity index (χ4n) is 9.89. The average Bonchev–Trinajstić information content (AvgIpc) is 3.88. The van der Waals surface area contributed by atoms with E-state index in [1.54, 1.807) is 0 Å². The summed E-state index contributed by atoms with van der Waals surface area (Å²) in [5, 5.41) is 1.94. The van der Waals surface area contributed by atoms with Gasteiger partial charge in [0.2, 0.25) is 0 Å². The van der Waals surface area contributed by atoms with Gasteiger partial charge in [-0.05, 0) is 81.9 Å². The van der Waals surface area contributed by atoms with E-state index in [0.29, 0.717) is 17.5 Å². The third-order valence-corrected chi connectivity index (χ3v) is 12.7. The van der Waals surface area contributed by atoms with Gasteiger partial charge >= 0.3 is 0 Å². The molecule has 3 aromatic heterocycles. The molecule has 0 saturated carbocycles. The number of fused-ring (bicyclic) bond motifs is 12. The van der Waals surface area contributed by atoms with Crippen molar-refractivity contribution in [2.24, 2.45) is 0 Å². The van der Waals surface area contributed by atoms with Crippen molar-refractivity contribution >= 4 is 21.9 Å². The molecule has 11 aromatic rings. The highest BCUT2D eigenvalue weighted by molar-refractivity contribution is 6.13. The number of furan rings is 1. The van der Waals surface area contributed by atoms with Crippen LogP contribution in [0.2, 0.25) is 0 Å². The van der Waals surface area contributed by atoms with E-state index >= 15 is 0 Å². The zero-order chi connectivity index (χ0) is 41.5. The Morgan fingerprint density at radius 1 is 0.365 bits per heavy atom. The minimum atomic E-state index is -0.557. The molecule has 0 bridgehead atoms. The Labute approximate surface area is 362 Å². The van der Waals surface area contributed by atoms with Gasteiger partial charge in [-0.2, -0.15) is 0 Å². The zero-order valence-corrected chi connectivity index (χ0v) is 33.7. The summed E-state index contributed by atoms with van der Waals surface area (Å²) >= 11 is 0. The van der Waals surface area contributed by atoms with Gasteiger partial charge in [0.1, 0.15) is 22.7 Å². The molecule has 4 heterocycles. The number of pyridine rings is 1. The molecule has 13 rings (SSSR count). The highest BCUT2D eigenvalue weighted by atomic mass is 16.5. The predicted octanol–water partition coefficient (Wildman–Crippen LogP) is 14.0. The summed E-state index contributed by atoms with van der Waals surface area (Å²) in [5.74, 6) is 3.50. The molecule has 6 heteroatoms. The Bertz CT molecular complexity index is 3550. The van der Waals surface area contributed by atoms with Gasteiger partial charge in [0.05, 0.1) is 11.1 Å². The third-order valence-electron chi connectivity index (χ3n) is 12.7. The number of benzene rings is 8. The first-order chi connectivity index (χ1) is 31.2. The molecule has 0 radical (unpaired) electrons. The molecule has 0 N–H and O–H groups in total. The van der Waals surface area contributed by atoms with Crippen LogP contribution in [0, 0.1) is 0 Å². The first kappa shape index (κ1) is 35.3. The summed E-state index contributed by atoms with van der Waals surface area (Å²) in [5.41, 5.74) is 15.0. The third kappa shape index (κ3) is 5.38. The van der Waals surface area contributed by atoms with Gasteiger partial charge in [0, 0.05) is 50.4 Å². The van der Waals surface area contributed by atoms with Crippen molar-refractivity contribution in [2.75, 3.05) is 0 Å². The maximum absolute atomic E-state index is 6.60. The molecular formula is C57H34N4O2. The Kier molecular flexibility index (Phi) is 7.72. The molecule has 6 nitrogen and oxygen atoms in total. The molecule has 63 heavy (non-hydrogen) atoms. The summed E-state index contributed by atoms with van der Waals surface area (Å²) in [6, 6.07) is 69.6. The van der Waals surface area contributed by atoms with Crippen molar-refractivity contribution < 1.29 is 9.15 Å². The van der Waals surface area contributed by atoms with Crippen molar-refractivity contribution in [3.8, 4) is 79.2 Å². The fourth-order valence-corrected chi connectivity index (χ4v) is 9.89. The summed E-state index contributed by atoms with van der Waals surface area (Å²) in [4.78, 5) is 19.9. The van der Waals surface area contributed by atoms with Crippen molar-refractivity contribution in [2.45, 2.75) is 5.41 Å². The van der Waals surface area contributed by atoms with Crippen LogP contribution >= 0.6 is 0 Å². The number of nitrogens with zero attached hydrogens (tertiary/aromatic N) is 4. The van der Waals surface area contributed by atoms with E-state index in [1.165, 1.54) is 22.3 Å². The number of rotatable bonds is 5. The van der Waals surface area contributed by atoms with E-state index < -0.39 is 5.41 Å². The van der Waals surface area contributed by atoms with Crippen molar-refractivity contribution in [3.05, 3.63) is 229 Å². The molecular weight excluding hydrogens is 773 g/mol. The van der Waals surface area contributed by atoms with E-state index in [4.69, 9.17) is 24.1 Å². The SMILES string of the molecule is c1ccc(-c2nc(-c3ccc(-c4ccccn4)cc3)nc(-c3cccc4oc5ccc(-c6ccc7c(c6)C6(c8ccccc8Oc8ccccc86)c6ccccc6-7)cc5c34)n2)cc1. The smallest absolute Gasteiger partial charge is 0.164 e. The number of hydrogen-bond acceptors (Lipinski definition) is 6. The topological polar surface area (TPSA) is 73.9 Å². The number of aromatic nitrogens is 4. The van der Waals surface area contributed by atoms with Crippen LogP contribution < -0.4 is 4.74 Å². The van der Waals surface area contributed by atoms with E-state index in [1.807, 2.05) is 66.9 Å². The van der Waals surface area contributed by atoms with Crippen molar-refractivity contribution in [1.82, 2.24) is 19.9 Å². The van der Waals surface area contributed by atoms with Gasteiger partial charge in [-0.1, -0.05) is 152 Å². The monoisotopic (exact) mass is 806 g/mol. The second kappa shape index (κ2) is 13.8. The molecule has 0 amide bonds. The lowest BCUT2D eigenvalue weighted by atomic mass is 9.66. The first-order valence-corrected chi connectivity index (χ1v) is 21.1. The number of ether oxygens (including phenoxy) is 1. The fraction of sp³-hybridized carbons (Fsp3) is 0.0175. The van der Waals surface area contributed by atoms with Crippen LogP contribution in [0.3, 0.4) is 0 Å². The standard InChI is InChI=1S/C57H34N4O2/c1-2-13-36(14-3-1)54-59-55(37-26-24-35(25-27-37)48-20-10-11-32-58-48)61-56(60-54)42-16-12-23-52-53(42)43-33-38(29-31-49(43)62-52)39-28-30-41-40-15-4-5-17-44(40)57(47(41)34-39)45-18-6-8-21-50(45)63-51-22-9-7-19-46(51)57/h1-34H. The molecule has 0 fully saturated rings. The van der Waals surface area contributed by atoms with Crippen molar-refractivity contribution in [3.63, 3.8) is 0 Å². The Balaban J connectivity index is 0.983. The van der Waals surface area contributed by atoms with Gasteiger partial charge < -0.3 is 9.15 Å². The summed E-state index contributed by atoms with van der Waals surface area (Å²) < 4.78 is 13.2. The summed E-state index contributed by atoms with van der Waals surface area (Å²) in [7, 11) is 0. The lowest BCUT2D eigenvalue weighted by Crippen LogP contribution is -2.32. The molecule has 2 aliphatic rings. The van der Waals surface area contributed by atoms with Gasteiger partial charge in [0.15, 0.2) is 17.5 Å². The molecule has 1 spiro atoms. The quantitative estimate of drug-likeness (QED) is 0.172. The first-order valence-electron chi connectivity index (χ1n) is 21.1. The minimum Gasteiger partial charge on any atom is -0.457 e. The Morgan fingerprint density at radius 2 is 0.952 bits per heavy atom. The molecule has 8 aromatic carbocycles. The number of para-hydroxylation sites is 2. The lowest BCUT2D eigenvalue weighted by Gasteiger charge is -2.39. The van der Waals surface area contributed by atoms with Gasteiger partial charge in [0.25, 0.3) is 0 Å². The minimum absolute atomic E-state index is 0.557. The second-order valence-corrected chi connectivity index (χ2v) is 16.1. The maximum atomic E-state index is 6.60. The highest BCUT2D eigenvalue weighted by Gasteiger charge is 2.51. The molecule has 1 aliphatic carbocycles.